The van der Waals surface area contributed by atoms with Crippen LogP contribution in [0.3, 0.4) is 0 Å². The third kappa shape index (κ3) is 5.85. The molecule has 8 nitrogen and oxygen atoms in total. The molecule has 0 spiro atoms. The molecular weight excluding hydrogens is 455 g/mol. The Morgan fingerprint density at radius 1 is 1.21 bits per heavy atom. The number of benzene rings is 1. The van der Waals surface area contributed by atoms with E-state index in [1.165, 1.54) is 28.3 Å². The molecule has 0 saturated heterocycles. The lowest BCUT2D eigenvalue weighted by Crippen LogP contribution is -2.55. The van der Waals surface area contributed by atoms with Gasteiger partial charge in [-0.3, -0.25) is 9.59 Å². The Balaban J connectivity index is 1.48. The summed E-state index contributed by atoms with van der Waals surface area (Å²) in [7, 11) is 0. The third-order valence-corrected chi connectivity index (χ3v) is 7.00. The number of halogens is 1. The number of hydrogen-bond donors (Lipinski definition) is 1. The first-order valence-electron chi connectivity index (χ1n) is 11.7. The number of rotatable bonds is 9. The van der Waals surface area contributed by atoms with Crippen LogP contribution < -0.4 is 5.32 Å². The summed E-state index contributed by atoms with van der Waals surface area (Å²) < 4.78 is 13.2. The zero-order chi connectivity index (χ0) is 23.9. The van der Waals surface area contributed by atoms with Gasteiger partial charge in [0.1, 0.15) is 18.4 Å². The summed E-state index contributed by atoms with van der Waals surface area (Å²) in [5, 5.41) is 17.3. The molecule has 0 bridgehead atoms. The fraction of sp³-hybridized carbons (Fsp3) is 0.458. The van der Waals surface area contributed by atoms with E-state index in [-0.39, 0.29) is 36.8 Å². The van der Waals surface area contributed by atoms with Crippen molar-refractivity contribution in [3.63, 3.8) is 0 Å². The second kappa shape index (κ2) is 11.3. The van der Waals surface area contributed by atoms with E-state index in [2.05, 4.69) is 20.7 Å². The predicted molar refractivity (Wildman–Crippen MR) is 127 cm³/mol. The Morgan fingerprint density at radius 3 is 2.65 bits per heavy atom. The van der Waals surface area contributed by atoms with Crippen LogP contribution in [0, 0.1) is 5.82 Å². The Hall–Kier alpha value is -3.14. The van der Waals surface area contributed by atoms with E-state index in [1.54, 1.807) is 17.0 Å². The Morgan fingerprint density at radius 2 is 1.97 bits per heavy atom. The molecule has 1 aromatic carbocycles. The molecule has 2 aromatic heterocycles. The molecule has 3 aromatic rings. The maximum atomic E-state index is 13.5. The molecule has 1 saturated carbocycles. The van der Waals surface area contributed by atoms with Crippen molar-refractivity contribution >= 4 is 23.2 Å². The summed E-state index contributed by atoms with van der Waals surface area (Å²) in [4.78, 5) is 30.6. The SMILES string of the molecule is CC[C@@H](C(=O)NCc1ccc(F)cc1)N(C(=O)Cn1nnc(-c2cccs2)n1)C1CCCCC1. The Bertz CT molecular complexity index is 1080. The van der Waals surface area contributed by atoms with E-state index in [0.29, 0.717) is 12.2 Å². The molecule has 180 valence electrons. The molecule has 2 amide bonds. The highest BCUT2D eigenvalue weighted by atomic mass is 32.1. The number of aromatic nitrogens is 4. The van der Waals surface area contributed by atoms with Crippen LogP contribution in [0.25, 0.3) is 10.7 Å². The zero-order valence-corrected chi connectivity index (χ0v) is 20.0. The van der Waals surface area contributed by atoms with Crippen LogP contribution in [-0.4, -0.2) is 49.0 Å². The van der Waals surface area contributed by atoms with Crippen molar-refractivity contribution in [3.8, 4) is 10.7 Å². The fourth-order valence-corrected chi connectivity index (χ4v) is 5.07. The highest BCUT2D eigenvalue weighted by Gasteiger charge is 2.35. The molecule has 2 heterocycles. The van der Waals surface area contributed by atoms with E-state index in [0.717, 1.165) is 42.5 Å². The highest BCUT2D eigenvalue weighted by Crippen LogP contribution is 2.26. The minimum Gasteiger partial charge on any atom is -0.350 e. The van der Waals surface area contributed by atoms with Crippen molar-refractivity contribution in [1.82, 2.24) is 30.4 Å². The summed E-state index contributed by atoms with van der Waals surface area (Å²) in [6, 6.07) is 9.23. The summed E-state index contributed by atoms with van der Waals surface area (Å²) in [6.07, 6.45) is 5.44. The van der Waals surface area contributed by atoms with E-state index in [9.17, 15) is 14.0 Å². The van der Waals surface area contributed by atoms with Gasteiger partial charge in [-0.05, 0) is 53.6 Å². The minimum atomic E-state index is -0.601. The fourth-order valence-electron chi connectivity index (χ4n) is 4.43. The first kappa shape index (κ1) is 24.0. The normalized spacial score (nSPS) is 15.1. The topological polar surface area (TPSA) is 93.0 Å². The monoisotopic (exact) mass is 484 g/mol. The molecule has 1 N–H and O–H groups in total. The number of tetrazole rings is 1. The van der Waals surface area contributed by atoms with Gasteiger partial charge in [-0.25, -0.2) is 4.39 Å². The lowest BCUT2D eigenvalue weighted by Gasteiger charge is -2.39. The molecule has 34 heavy (non-hydrogen) atoms. The van der Waals surface area contributed by atoms with Crippen molar-refractivity contribution in [2.24, 2.45) is 0 Å². The van der Waals surface area contributed by atoms with Gasteiger partial charge in [0.25, 0.3) is 0 Å². The third-order valence-electron chi connectivity index (χ3n) is 6.13. The molecule has 4 rings (SSSR count). The summed E-state index contributed by atoms with van der Waals surface area (Å²) in [5.41, 5.74) is 0.799. The lowest BCUT2D eigenvalue weighted by molar-refractivity contribution is -0.145. The van der Waals surface area contributed by atoms with Crippen molar-refractivity contribution < 1.29 is 14.0 Å². The second-order valence-corrected chi connectivity index (χ2v) is 9.43. The number of amides is 2. The molecule has 0 radical (unpaired) electrons. The van der Waals surface area contributed by atoms with Gasteiger partial charge >= 0.3 is 0 Å². The molecule has 1 aliphatic rings. The van der Waals surface area contributed by atoms with Gasteiger partial charge in [0.15, 0.2) is 0 Å². The van der Waals surface area contributed by atoms with Crippen LogP contribution in [0.4, 0.5) is 4.39 Å². The smallest absolute Gasteiger partial charge is 0.247 e. The lowest BCUT2D eigenvalue weighted by atomic mass is 9.92. The molecule has 1 fully saturated rings. The van der Waals surface area contributed by atoms with Gasteiger partial charge in [0, 0.05) is 12.6 Å². The van der Waals surface area contributed by atoms with Crippen LogP contribution in [0.15, 0.2) is 41.8 Å². The van der Waals surface area contributed by atoms with Crippen LogP contribution in [0.2, 0.25) is 0 Å². The zero-order valence-electron chi connectivity index (χ0n) is 19.2. The maximum Gasteiger partial charge on any atom is 0.247 e. The molecule has 1 atom stereocenters. The molecule has 10 heteroatoms. The Labute approximate surface area is 202 Å². The molecular formula is C24H29FN6O2S. The molecule has 0 unspecified atom stereocenters. The summed E-state index contributed by atoms with van der Waals surface area (Å²) in [6.45, 7) is 2.11. The van der Waals surface area contributed by atoms with Crippen LogP contribution in [0.5, 0.6) is 0 Å². The van der Waals surface area contributed by atoms with Crippen molar-refractivity contribution in [2.45, 2.75) is 70.6 Å². The van der Waals surface area contributed by atoms with Crippen LogP contribution >= 0.6 is 11.3 Å². The van der Waals surface area contributed by atoms with E-state index < -0.39 is 6.04 Å². The first-order chi connectivity index (χ1) is 16.5. The average molecular weight is 485 g/mol. The van der Waals surface area contributed by atoms with Gasteiger partial charge in [-0.2, -0.15) is 4.80 Å². The average Bonchev–Trinajstić information content (AvgIpc) is 3.54. The Kier molecular flexibility index (Phi) is 7.99. The standard InChI is InChI=1S/C24H29FN6O2S/c1-2-20(24(33)26-15-17-10-12-18(25)13-11-17)31(19-7-4-3-5-8-19)22(32)16-30-28-23(27-29-30)21-9-6-14-34-21/h6,9-14,19-20H,2-5,7-8,15-16H2,1H3,(H,26,33)/t20-/m0/s1. The van der Waals surface area contributed by atoms with E-state index >= 15 is 0 Å². The number of hydrogen-bond acceptors (Lipinski definition) is 6. The largest absolute Gasteiger partial charge is 0.350 e. The maximum absolute atomic E-state index is 13.5. The van der Waals surface area contributed by atoms with E-state index in [1.807, 2.05) is 24.4 Å². The van der Waals surface area contributed by atoms with E-state index in [4.69, 9.17) is 0 Å². The van der Waals surface area contributed by atoms with Crippen molar-refractivity contribution in [2.75, 3.05) is 0 Å². The van der Waals surface area contributed by atoms with Gasteiger partial charge in [0.2, 0.25) is 17.6 Å². The number of nitrogens with zero attached hydrogens (tertiary/aromatic N) is 5. The first-order valence-corrected chi connectivity index (χ1v) is 12.6. The second-order valence-electron chi connectivity index (χ2n) is 8.48. The number of carbonyl (C=O) groups excluding carboxylic acids is 2. The number of nitrogens with one attached hydrogen (secondary N) is 1. The number of thiophene rings is 1. The van der Waals surface area contributed by atoms with Gasteiger partial charge < -0.3 is 10.2 Å². The summed E-state index contributed by atoms with van der Waals surface area (Å²) >= 11 is 1.51. The molecule has 0 aliphatic heterocycles. The van der Waals surface area contributed by atoms with Crippen molar-refractivity contribution in [3.05, 3.63) is 53.2 Å². The van der Waals surface area contributed by atoms with Gasteiger partial charge in [-0.15, -0.1) is 21.5 Å². The van der Waals surface area contributed by atoms with Crippen LogP contribution in [0.1, 0.15) is 51.0 Å². The van der Waals surface area contributed by atoms with Crippen LogP contribution in [-0.2, 0) is 22.7 Å². The summed E-state index contributed by atoms with van der Waals surface area (Å²) in [5.74, 6) is -0.238. The van der Waals surface area contributed by atoms with Gasteiger partial charge in [0.05, 0.1) is 4.88 Å². The number of carbonyl (C=O) groups is 2. The van der Waals surface area contributed by atoms with Crippen molar-refractivity contribution in [1.29, 1.82) is 0 Å². The highest BCUT2D eigenvalue weighted by molar-refractivity contribution is 7.13. The minimum absolute atomic E-state index is 0.00283. The quantitative estimate of drug-likeness (QED) is 0.499. The van der Waals surface area contributed by atoms with Gasteiger partial charge in [-0.1, -0.05) is 44.4 Å². The predicted octanol–water partition coefficient (Wildman–Crippen LogP) is 3.80. The molecule has 1 aliphatic carbocycles.